The summed E-state index contributed by atoms with van der Waals surface area (Å²) in [7, 11) is 0. The Labute approximate surface area is 166 Å². The van der Waals surface area contributed by atoms with Crippen LogP contribution in [0.5, 0.6) is 0 Å². The van der Waals surface area contributed by atoms with E-state index >= 15 is 0 Å². The molecular formula is C21H26ClN3O2. The van der Waals surface area contributed by atoms with Gasteiger partial charge in [0.05, 0.1) is 0 Å². The summed E-state index contributed by atoms with van der Waals surface area (Å²) in [5.74, 6) is -0.164. The van der Waals surface area contributed by atoms with Crippen molar-refractivity contribution in [3.63, 3.8) is 0 Å². The zero-order valence-corrected chi connectivity index (χ0v) is 16.5. The number of hydrogen-bond acceptors (Lipinski definition) is 3. The van der Waals surface area contributed by atoms with Gasteiger partial charge in [-0.15, -0.1) is 12.4 Å². The topological polar surface area (TPSA) is 75.4 Å². The van der Waals surface area contributed by atoms with Gasteiger partial charge in [0.25, 0.3) is 11.8 Å². The third kappa shape index (κ3) is 4.87. The lowest BCUT2D eigenvalue weighted by atomic mass is 9.79. The molecule has 6 heteroatoms. The highest BCUT2D eigenvalue weighted by molar-refractivity contribution is 6.04. The van der Waals surface area contributed by atoms with Crippen LogP contribution in [0.2, 0.25) is 0 Å². The van der Waals surface area contributed by atoms with Gasteiger partial charge in [-0.2, -0.15) is 0 Å². The Kier molecular flexibility index (Phi) is 6.63. The van der Waals surface area contributed by atoms with E-state index < -0.39 is 0 Å². The number of amides is 2. The van der Waals surface area contributed by atoms with Crippen LogP contribution in [0.25, 0.3) is 0 Å². The lowest BCUT2D eigenvalue weighted by Gasteiger charge is -2.42. The van der Waals surface area contributed by atoms with Gasteiger partial charge in [-0.3, -0.25) is 9.59 Å². The molecule has 5 nitrogen and oxygen atoms in total. The van der Waals surface area contributed by atoms with Crippen molar-refractivity contribution in [2.45, 2.75) is 26.3 Å². The number of halogens is 1. The highest BCUT2D eigenvalue weighted by Gasteiger charge is 2.35. The van der Waals surface area contributed by atoms with Gasteiger partial charge in [0.15, 0.2) is 0 Å². The van der Waals surface area contributed by atoms with Crippen molar-refractivity contribution >= 4 is 29.9 Å². The van der Waals surface area contributed by atoms with Gasteiger partial charge >= 0.3 is 0 Å². The van der Waals surface area contributed by atoms with E-state index in [0.29, 0.717) is 29.9 Å². The Morgan fingerprint density at radius 2 is 1.67 bits per heavy atom. The summed E-state index contributed by atoms with van der Waals surface area (Å²) in [4.78, 5) is 26.8. The van der Waals surface area contributed by atoms with Gasteiger partial charge in [0.1, 0.15) is 0 Å². The maximum absolute atomic E-state index is 12.7. The van der Waals surface area contributed by atoms with Crippen molar-refractivity contribution in [2.75, 3.05) is 18.4 Å². The van der Waals surface area contributed by atoms with E-state index in [0.717, 1.165) is 6.42 Å². The predicted molar refractivity (Wildman–Crippen MR) is 110 cm³/mol. The number of hydrogen-bond donors (Lipinski definition) is 2. The van der Waals surface area contributed by atoms with Gasteiger partial charge in [0, 0.05) is 35.9 Å². The Morgan fingerprint density at radius 1 is 1.04 bits per heavy atom. The van der Waals surface area contributed by atoms with E-state index in [4.69, 9.17) is 5.73 Å². The molecule has 144 valence electrons. The zero-order valence-electron chi connectivity index (χ0n) is 15.6. The Balaban J connectivity index is 0.00000261. The van der Waals surface area contributed by atoms with Crippen molar-refractivity contribution in [1.82, 2.24) is 4.90 Å². The molecule has 2 aromatic rings. The predicted octanol–water partition coefficient (Wildman–Crippen LogP) is 3.56. The molecule has 1 fully saturated rings. The highest BCUT2D eigenvalue weighted by atomic mass is 35.5. The molecule has 0 bridgehead atoms. The standard InChI is InChI=1S/C21H25N3O2.ClH/c1-21(2)14-24(13-12-18(21)22)20(26)16-8-10-17(11-9-16)23-19(25)15-6-4-3-5-7-15;/h3-11,18H,12-14,22H2,1-2H3,(H,23,25);1H. The lowest BCUT2D eigenvalue weighted by molar-refractivity contribution is 0.0533. The molecule has 1 aliphatic rings. The number of nitrogens with zero attached hydrogens (tertiary/aromatic N) is 1. The van der Waals surface area contributed by atoms with Crippen LogP contribution in [0.15, 0.2) is 54.6 Å². The number of rotatable bonds is 3. The van der Waals surface area contributed by atoms with Crippen molar-refractivity contribution in [3.8, 4) is 0 Å². The second-order valence-electron chi connectivity index (χ2n) is 7.51. The SMILES string of the molecule is CC1(C)CN(C(=O)c2ccc(NC(=O)c3ccccc3)cc2)CCC1N.Cl. The summed E-state index contributed by atoms with van der Waals surface area (Å²) in [6, 6.07) is 16.2. The molecule has 1 atom stereocenters. The van der Waals surface area contributed by atoms with Crippen LogP contribution in [0, 0.1) is 5.41 Å². The normalized spacial score (nSPS) is 18.3. The molecule has 27 heavy (non-hydrogen) atoms. The van der Waals surface area contributed by atoms with Crippen molar-refractivity contribution < 1.29 is 9.59 Å². The summed E-state index contributed by atoms with van der Waals surface area (Å²) < 4.78 is 0. The molecule has 0 aromatic heterocycles. The molecule has 3 N–H and O–H groups in total. The summed E-state index contributed by atoms with van der Waals surface area (Å²) in [5, 5.41) is 2.84. The molecular weight excluding hydrogens is 362 g/mol. The van der Waals surface area contributed by atoms with Crippen LogP contribution >= 0.6 is 12.4 Å². The number of nitrogens with two attached hydrogens (primary N) is 1. The minimum Gasteiger partial charge on any atom is -0.338 e. The number of carbonyl (C=O) groups excluding carboxylic acids is 2. The fourth-order valence-corrected chi connectivity index (χ4v) is 3.22. The van der Waals surface area contributed by atoms with Crippen molar-refractivity contribution in [1.29, 1.82) is 0 Å². The second-order valence-corrected chi connectivity index (χ2v) is 7.51. The first-order valence-electron chi connectivity index (χ1n) is 8.88. The molecule has 3 rings (SSSR count). The molecule has 1 heterocycles. The van der Waals surface area contributed by atoms with E-state index in [9.17, 15) is 9.59 Å². The summed E-state index contributed by atoms with van der Waals surface area (Å²) >= 11 is 0. The average molecular weight is 388 g/mol. The molecule has 0 radical (unpaired) electrons. The number of anilines is 1. The zero-order chi connectivity index (χ0) is 18.7. The summed E-state index contributed by atoms with van der Waals surface area (Å²) in [5.41, 5.74) is 7.94. The number of nitrogens with one attached hydrogen (secondary N) is 1. The van der Waals surface area contributed by atoms with E-state index in [1.807, 2.05) is 23.1 Å². The maximum atomic E-state index is 12.7. The molecule has 0 aliphatic carbocycles. The Hall–Kier alpha value is -2.37. The first-order chi connectivity index (χ1) is 12.4. The number of likely N-dealkylation sites (tertiary alicyclic amines) is 1. The third-order valence-electron chi connectivity index (χ3n) is 5.03. The van der Waals surface area contributed by atoms with Gasteiger partial charge in [-0.1, -0.05) is 32.0 Å². The average Bonchev–Trinajstić information content (AvgIpc) is 2.64. The second kappa shape index (κ2) is 8.55. The number of piperidine rings is 1. The number of carbonyl (C=O) groups is 2. The van der Waals surface area contributed by atoms with Crippen LogP contribution < -0.4 is 11.1 Å². The minimum absolute atomic E-state index is 0. The molecule has 2 amide bonds. The molecule has 0 saturated carbocycles. The van der Waals surface area contributed by atoms with E-state index in [-0.39, 0.29) is 35.7 Å². The lowest BCUT2D eigenvalue weighted by Crippen LogP contribution is -2.53. The first-order valence-corrected chi connectivity index (χ1v) is 8.88. The van der Waals surface area contributed by atoms with Crippen LogP contribution in [-0.4, -0.2) is 35.8 Å². The smallest absolute Gasteiger partial charge is 0.255 e. The van der Waals surface area contributed by atoms with Gasteiger partial charge in [-0.25, -0.2) is 0 Å². The quantitative estimate of drug-likeness (QED) is 0.845. The molecule has 2 aromatic carbocycles. The fraction of sp³-hybridized carbons (Fsp3) is 0.333. The minimum atomic E-state index is -0.170. The van der Waals surface area contributed by atoms with Gasteiger partial charge in [-0.05, 0) is 48.2 Å². The van der Waals surface area contributed by atoms with Gasteiger partial charge < -0.3 is 16.0 Å². The summed E-state index contributed by atoms with van der Waals surface area (Å²) in [6.07, 6.45) is 0.809. The Morgan fingerprint density at radius 3 is 2.26 bits per heavy atom. The largest absolute Gasteiger partial charge is 0.338 e. The van der Waals surface area contributed by atoms with Crippen molar-refractivity contribution in [3.05, 3.63) is 65.7 Å². The molecule has 0 spiro atoms. The van der Waals surface area contributed by atoms with Crippen LogP contribution in [-0.2, 0) is 0 Å². The van der Waals surface area contributed by atoms with E-state index in [1.165, 1.54) is 0 Å². The van der Waals surface area contributed by atoms with Crippen molar-refractivity contribution in [2.24, 2.45) is 11.1 Å². The number of benzene rings is 2. The van der Waals surface area contributed by atoms with Crippen LogP contribution in [0.3, 0.4) is 0 Å². The summed E-state index contributed by atoms with van der Waals surface area (Å²) in [6.45, 7) is 5.52. The van der Waals surface area contributed by atoms with E-state index in [2.05, 4.69) is 19.2 Å². The molecule has 1 unspecified atom stereocenters. The third-order valence-corrected chi connectivity index (χ3v) is 5.03. The fourth-order valence-electron chi connectivity index (χ4n) is 3.22. The van der Waals surface area contributed by atoms with E-state index in [1.54, 1.807) is 36.4 Å². The molecule has 1 aliphatic heterocycles. The van der Waals surface area contributed by atoms with Gasteiger partial charge in [0.2, 0.25) is 0 Å². The first kappa shape index (κ1) is 20.9. The highest BCUT2D eigenvalue weighted by Crippen LogP contribution is 2.28. The maximum Gasteiger partial charge on any atom is 0.255 e. The van der Waals surface area contributed by atoms with Crippen LogP contribution in [0.1, 0.15) is 41.0 Å². The molecule has 1 saturated heterocycles. The monoisotopic (exact) mass is 387 g/mol. The van der Waals surface area contributed by atoms with Crippen LogP contribution in [0.4, 0.5) is 5.69 Å². The Bertz CT molecular complexity index is 791.